The molecule has 0 radical (unpaired) electrons. The Morgan fingerprint density at radius 1 is 1.04 bits per heavy atom. The van der Waals surface area contributed by atoms with Crippen LogP contribution >= 0.6 is 34.5 Å². The van der Waals surface area contributed by atoms with Crippen LogP contribution in [0.1, 0.15) is 25.7 Å². The monoisotopic (exact) mass is 440 g/mol. The second kappa shape index (κ2) is 8.82. The van der Waals surface area contributed by atoms with Crippen molar-refractivity contribution < 1.29 is 4.79 Å². The number of aromatic nitrogens is 2. The summed E-state index contributed by atoms with van der Waals surface area (Å²) in [4.78, 5) is 17.1. The van der Waals surface area contributed by atoms with Crippen molar-refractivity contribution in [3.05, 3.63) is 28.2 Å². The average molecular weight is 441 g/mol. The van der Waals surface area contributed by atoms with Gasteiger partial charge in [0.15, 0.2) is 0 Å². The van der Waals surface area contributed by atoms with E-state index in [1.807, 2.05) is 0 Å². The standard InChI is InChI=1S/C18H22Cl2N6OS/c19-13-6-3-7-14(20)15(13)21-16(27)22-17-23-24-18(28-17)26-10-8-25(9-11-26)12-4-1-2-5-12/h3,6-7,12H,1-2,4-5,8-11H2,(H2,21,22,23,27). The van der Waals surface area contributed by atoms with Crippen LogP contribution in [-0.2, 0) is 0 Å². The number of nitrogens with zero attached hydrogens (tertiary/aromatic N) is 4. The minimum absolute atomic E-state index is 0.371. The van der Waals surface area contributed by atoms with Crippen LogP contribution in [0.4, 0.5) is 20.7 Å². The highest BCUT2D eigenvalue weighted by Crippen LogP contribution is 2.31. The van der Waals surface area contributed by atoms with Crippen molar-refractivity contribution in [2.45, 2.75) is 31.7 Å². The maximum absolute atomic E-state index is 12.2. The first kappa shape index (κ1) is 19.7. The van der Waals surface area contributed by atoms with Crippen molar-refractivity contribution >= 4 is 56.5 Å². The van der Waals surface area contributed by atoms with Crippen LogP contribution in [0, 0.1) is 0 Å². The van der Waals surface area contributed by atoms with Crippen molar-refractivity contribution in [3.63, 3.8) is 0 Å². The molecule has 2 aromatic rings. The van der Waals surface area contributed by atoms with E-state index in [-0.39, 0.29) is 0 Å². The zero-order chi connectivity index (χ0) is 19.5. The lowest BCUT2D eigenvalue weighted by atomic mass is 10.2. The maximum atomic E-state index is 12.2. The largest absolute Gasteiger partial charge is 0.344 e. The Bertz CT molecular complexity index is 813. The highest BCUT2D eigenvalue weighted by atomic mass is 35.5. The molecule has 1 saturated carbocycles. The molecule has 2 N–H and O–H groups in total. The van der Waals surface area contributed by atoms with Crippen LogP contribution < -0.4 is 15.5 Å². The Morgan fingerprint density at radius 3 is 2.39 bits per heavy atom. The van der Waals surface area contributed by atoms with Crippen LogP contribution in [0.3, 0.4) is 0 Å². The van der Waals surface area contributed by atoms with E-state index in [2.05, 4.69) is 30.6 Å². The van der Waals surface area contributed by atoms with Gasteiger partial charge in [-0.15, -0.1) is 10.2 Å². The van der Waals surface area contributed by atoms with E-state index in [0.29, 0.717) is 20.9 Å². The molecule has 7 nitrogen and oxygen atoms in total. The zero-order valence-electron chi connectivity index (χ0n) is 15.3. The van der Waals surface area contributed by atoms with Crippen LogP contribution in [0.25, 0.3) is 0 Å². The highest BCUT2D eigenvalue weighted by Gasteiger charge is 2.27. The van der Waals surface area contributed by atoms with Gasteiger partial charge in [0.2, 0.25) is 10.3 Å². The van der Waals surface area contributed by atoms with Gasteiger partial charge in [0.05, 0.1) is 15.7 Å². The van der Waals surface area contributed by atoms with E-state index < -0.39 is 6.03 Å². The number of carbonyl (C=O) groups excluding carboxylic acids is 1. The molecule has 0 bridgehead atoms. The number of hydrogen-bond donors (Lipinski definition) is 2. The number of carbonyl (C=O) groups is 1. The van der Waals surface area contributed by atoms with E-state index in [1.165, 1.54) is 37.0 Å². The summed E-state index contributed by atoms with van der Waals surface area (Å²) in [5, 5.41) is 15.7. The van der Waals surface area contributed by atoms with E-state index in [9.17, 15) is 4.79 Å². The fourth-order valence-electron chi connectivity index (χ4n) is 3.80. The molecule has 0 unspecified atom stereocenters. The normalized spacial score (nSPS) is 18.4. The molecule has 2 heterocycles. The van der Waals surface area contributed by atoms with Gasteiger partial charge in [-0.05, 0) is 25.0 Å². The molecule has 150 valence electrons. The van der Waals surface area contributed by atoms with Crippen molar-refractivity contribution in [2.75, 3.05) is 41.7 Å². The molecule has 10 heteroatoms. The fourth-order valence-corrected chi connectivity index (χ4v) is 5.08. The predicted molar refractivity (Wildman–Crippen MR) is 115 cm³/mol. The number of halogens is 2. The molecule has 0 spiro atoms. The van der Waals surface area contributed by atoms with Crippen molar-refractivity contribution in [1.82, 2.24) is 15.1 Å². The summed E-state index contributed by atoms with van der Waals surface area (Å²) < 4.78 is 0. The summed E-state index contributed by atoms with van der Waals surface area (Å²) in [7, 11) is 0. The number of para-hydroxylation sites is 1. The molecule has 2 amide bonds. The number of anilines is 3. The third kappa shape index (κ3) is 4.51. The number of nitrogens with one attached hydrogen (secondary N) is 2. The molecular formula is C18H22Cl2N6OS. The molecule has 2 aliphatic rings. The minimum Gasteiger partial charge on any atom is -0.344 e. The zero-order valence-corrected chi connectivity index (χ0v) is 17.7. The first-order valence-electron chi connectivity index (χ1n) is 9.44. The molecule has 28 heavy (non-hydrogen) atoms. The third-order valence-corrected chi connectivity index (χ3v) is 6.79. The number of piperazine rings is 1. The highest BCUT2D eigenvalue weighted by molar-refractivity contribution is 7.19. The van der Waals surface area contributed by atoms with Gasteiger partial charge in [0.25, 0.3) is 0 Å². The molecular weight excluding hydrogens is 419 g/mol. The predicted octanol–water partition coefficient (Wildman–Crippen LogP) is 4.55. The van der Waals surface area contributed by atoms with Gasteiger partial charge in [0.1, 0.15) is 0 Å². The Labute approximate surface area is 178 Å². The summed E-state index contributed by atoms with van der Waals surface area (Å²) in [5.41, 5.74) is 0.371. The van der Waals surface area contributed by atoms with Gasteiger partial charge < -0.3 is 10.2 Å². The summed E-state index contributed by atoms with van der Waals surface area (Å²) in [6, 6.07) is 5.35. The molecule has 0 atom stereocenters. The Hall–Kier alpha value is -1.61. The number of hydrogen-bond acceptors (Lipinski definition) is 6. The second-order valence-electron chi connectivity index (χ2n) is 7.03. The number of benzene rings is 1. The van der Waals surface area contributed by atoms with Gasteiger partial charge in [-0.25, -0.2) is 4.79 Å². The molecule has 1 aliphatic heterocycles. The Balaban J connectivity index is 1.31. The lowest BCUT2D eigenvalue weighted by Crippen LogP contribution is -2.49. The van der Waals surface area contributed by atoms with E-state index >= 15 is 0 Å². The van der Waals surface area contributed by atoms with Crippen LogP contribution in [0.15, 0.2) is 18.2 Å². The van der Waals surface area contributed by atoms with Crippen LogP contribution in [-0.4, -0.2) is 53.3 Å². The topological polar surface area (TPSA) is 73.4 Å². The van der Waals surface area contributed by atoms with Gasteiger partial charge >= 0.3 is 6.03 Å². The molecule has 1 aliphatic carbocycles. The Kier molecular flexibility index (Phi) is 6.20. The third-order valence-electron chi connectivity index (χ3n) is 5.26. The summed E-state index contributed by atoms with van der Waals surface area (Å²) >= 11 is 13.5. The first-order chi connectivity index (χ1) is 13.6. The summed E-state index contributed by atoms with van der Waals surface area (Å²) in [5.74, 6) is 0. The SMILES string of the molecule is O=C(Nc1nnc(N2CCN(C3CCCC3)CC2)s1)Nc1c(Cl)cccc1Cl. The fraction of sp³-hybridized carbons (Fsp3) is 0.500. The quantitative estimate of drug-likeness (QED) is 0.728. The minimum atomic E-state index is -0.455. The number of rotatable bonds is 4. The Morgan fingerprint density at radius 2 is 1.71 bits per heavy atom. The number of urea groups is 1. The van der Waals surface area contributed by atoms with Crippen molar-refractivity contribution in [3.8, 4) is 0 Å². The van der Waals surface area contributed by atoms with Crippen molar-refractivity contribution in [1.29, 1.82) is 0 Å². The molecule has 2 fully saturated rings. The second-order valence-corrected chi connectivity index (χ2v) is 8.80. The molecule has 1 aromatic carbocycles. The van der Waals surface area contributed by atoms with Crippen LogP contribution in [0.5, 0.6) is 0 Å². The van der Waals surface area contributed by atoms with Gasteiger partial charge in [-0.1, -0.05) is 53.4 Å². The van der Waals surface area contributed by atoms with Crippen molar-refractivity contribution in [2.24, 2.45) is 0 Å². The van der Waals surface area contributed by atoms with E-state index in [4.69, 9.17) is 23.2 Å². The first-order valence-corrected chi connectivity index (χ1v) is 11.0. The van der Waals surface area contributed by atoms with E-state index in [0.717, 1.165) is 37.4 Å². The average Bonchev–Trinajstić information content (AvgIpc) is 3.37. The smallest absolute Gasteiger partial charge is 0.325 e. The summed E-state index contributed by atoms with van der Waals surface area (Å²) in [6.45, 7) is 3.98. The number of amides is 2. The van der Waals surface area contributed by atoms with E-state index in [1.54, 1.807) is 18.2 Å². The summed E-state index contributed by atoms with van der Waals surface area (Å²) in [6.07, 6.45) is 5.38. The molecule has 4 rings (SSSR count). The maximum Gasteiger partial charge on any atom is 0.325 e. The lowest BCUT2D eigenvalue weighted by Gasteiger charge is -2.37. The molecule has 1 aromatic heterocycles. The lowest BCUT2D eigenvalue weighted by molar-refractivity contribution is 0.187. The van der Waals surface area contributed by atoms with Gasteiger partial charge in [0, 0.05) is 32.2 Å². The molecule has 1 saturated heterocycles. The van der Waals surface area contributed by atoms with Gasteiger partial charge in [-0.2, -0.15) is 0 Å². The van der Waals surface area contributed by atoms with Gasteiger partial charge in [-0.3, -0.25) is 10.2 Å². The van der Waals surface area contributed by atoms with Crippen LogP contribution in [0.2, 0.25) is 10.0 Å².